The fourth-order valence-corrected chi connectivity index (χ4v) is 2.83. The molecule has 0 amide bonds. The van der Waals surface area contributed by atoms with Crippen molar-refractivity contribution >= 4 is 22.3 Å². The summed E-state index contributed by atoms with van der Waals surface area (Å²) >= 11 is 0. The summed E-state index contributed by atoms with van der Waals surface area (Å²) in [6, 6.07) is 13.4. The first-order chi connectivity index (χ1) is 13.6. The lowest BCUT2D eigenvalue weighted by Crippen LogP contribution is -2.09. The number of halogens is 2. The molecule has 0 bridgehead atoms. The number of hydrogen-bond donors (Lipinski definition) is 1. The quantitative estimate of drug-likeness (QED) is 0.513. The largest absolute Gasteiger partial charge is 0.494 e. The van der Waals surface area contributed by atoms with Crippen LogP contribution in [0, 0.1) is 0 Å². The van der Waals surface area contributed by atoms with Crippen LogP contribution in [0.1, 0.15) is 12.5 Å². The molecule has 3 aromatic rings. The van der Waals surface area contributed by atoms with Crippen LogP contribution >= 0.6 is 0 Å². The van der Waals surface area contributed by atoms with Gasteiger partial charge in [0.25, 0.3) is 0 Å². The number of methoxy groups -OCH3 is 1. The number of rotatable bonds is 9. The minimum absolute atomic E-state index is 0.0228. The summed E-state index contributed by atoms with van der Waals surface area (Å²) in [5.74, 6) is 1.08. The minimum atomic E-state index is -2.80. The molecule has 7 heteroatoms. The maximum Gasteiger partial charge on any atom is 0.345 e. The van der Waals surface area contributed by atoms with Gasteiger partial charge in [0.1, 0.15) is 18.1 Å². The number of aryl methyl sites for hydroxylation is 1. The van der Waals surface area contributed by atoms with E-state index in [1.165, 1.54) is 5.56 Å². The second-order valence-electron chi connectivity index (χ2n) is 6.03. The molecule has 28 heavy (non-hydrogen) atoms. The number of ether oxygens (including phenoxy) is 3. The summed E-state index contributed by atoms with van der Waals surface area (Å²) in [4.78, 5) is 4.45. The SMILES string of the molecule is CCc1ccc2c(Nc3ccc(OCCOC(F)F)cc3OC)ccnc2c1. The van der Waals surface area contributed by atoms with E-state index >= 15 is 0 Å². The molecule has 0 radical (unpaired) electrons. The summed E-state index contributed by atoms with van der Waals surface area (Å²) < 4.78 is 39.0. The first-order valence-electron chi connectivity index (χ1n) is 8.96. The van der Waals surface area contributed by atoms with Crippen molar-refractivity contribution < 1.29 is 23.0 Å². The summed E-state index contributed by atoms with van der Waals surface area (Å²) in [7, 11) is 1.56. The second kappa shape index (κ2) is 9.32. The molecule has 1 heterocycles. The summed E-state index contributed by atoms with van der Waals surface area (Å²) in [5.41, 5.74) is 3.81. The highest BCUT2D eigenvalue weighted by molar-refractivity contribution is 5.93. The second-order valence-corrected chi connectivity index (χ2v) is 6.03. The molecule has 1 aromatic heterocycles. The Bertz CT molecular complexity index is 935. The molecule has 0 atom stereocenters. The van der Waals surface area contributed by atoms with Crippen LogP contribution in [0.15, 0.2) is 48.7 Å². The monoisotopic (exact) mass is 388 g/mol. The molecule has 1 N–H and O–H groups in total. The Kier molecular flexibility index (Phi) is 6.60. The lowest BCUT2D eigenvalue weighted by Gasteiger charge is -2.15. The van der Waals surface area contributed by atoms with E-state index in [0.29, 0.717) is 11.5 Å². The Morgan fingerprint density at radius 3 is 2.64 bits per heavy atom. The Balaban J connectivity index is 1.78. The molecule has 0 saturated carbocycles. The van der Waals surface area contributed by atoms with Gasteiger partial charge in [0, 0.05) is 23.3 Å². The molecule has 0 saturated heterocycles. The summed E-state index contributed by atoms with van der Waals surface area (Å²) in [5, 5.41) is 4.37. The Morgan fingerprint density at radius 1 is 1.04 bits per heavy atom. The van der Waals surface area contributed by atoms with Crippen molar-refractivity contribution in [2.75, 3.05) is 25.6 Å². The van der Waals surface area contributed by atoms with E-state index in [0.717, 1.165) is 28.7 Å². The summed E-state index contributed by atoms with van der Waals surface area (Å²) in [6.45, 7) is -0.858. The van der Waals surface area contributed by atoms with E-state index in [1.807, 2.05) is 12.1 Å². The van der Waals surface area contributed by atoms with E-state index in [2.05, 4.69) is 40.2 Å². The highest BCUT2D eigenvalue weighted by Crippen LogP contribution is 2.33. The lowest BCUT2D eigenvalue weighted by molar-refractivity contribution is -0.133. The number of alkyl halides is 2. The molecule has 0 spiro atoms. The topological polar surface area (TPSA) is 52.6 Å². The van der Waals surface area contributed by atoms with Crippen molar-refractivity contribution in [2.45, 2.75) is 20.0 Å². The van der Waals surface area contributed by atoms with E-state index in [9.17, 15) is 8.78 Å². The van der Waals surface area contributed by atoms with Gasteiger partial charge in [-0.25, -0.2) is 0 Å². The Labute approximate surface area is 162 Å². The van der Waals surface area contributed by atoms with Crippen LogP contribution < -0.4 is 14.8 Å². The number of anilines is 2. The van der Waals surface area contributed by atoms with E-state index in [1.54, 1.807) is 25.4 Å². The molecule has 0 aliphatic heterocycles. The normalized spacial score (nSPS) is 11.0. The number of aromatic nitrogens is 1. The Morgan fingerprint density at radius 2 is 1.89 bits per heavy atom. The molecule has 0 aliphatic rings. The number of pyridine rings is 1. The number of nitrogens with zero attached hydrogens (tertiary/aromatic N) is 1. The van der Waals surface area contributed by atoms with Crippen molar-refractivity contribution in [3.63, 3.8) is 0 Å². The third-order valence-corrected chi connectivity index (χ3v) is 4.25. The van der Waals surface area contributed by atoms with Crippen LogP contribution in [0.2, 0.25) is 0 Å². The van der Waals surface area contributed by atoms with Gasteiger partial charge < -0.3 is 19.5 Å². The first-order valence-corrected chi connectivity index (χ1v) is 8.96. The predicted octanol–water partition coefficient (Wildman–Crippen LogP) is 5.17. The van der Waals surface area contributed by atoms with Gasteiger partial charge in [-0.05, 0) is 36.2 Å². The predicted molar refractivity (Wildman–Crippen MR) is 105 cm³/mol. The van der Waals surface area contributed by atoms with Crippen LogP contribution in [0.3, 0.4) is 0 Å². The van der Waals surface area contributed by atoms with Gasteiger partial charge in [-0.1, -0.05) is 19.1 Å². The van der Waals surface area contributed by atoms with Crippen molar-refractivity contribution in [1.82, 2.24) is 4.98 Å². The first kappa shape index (κ1) is 19.8. The smallest absolute Gasteiger partial charge is 0.345 e. The molecule has 2 aromatic carbocycles. The van der Waals surface area contributed by atoms with Gasteiger partial charge in [-0.3, -0.25) is 4.98 Å². The molecule has 0 fully saturated rings. The van der Waals surface area contributed by atoms with Gasteiger partial charge in [0.2, 0.25) is 0 Å². The van der Waals surface area contributed by atoms with Crippen molar-refractivity contribution in [1.29, 1.82) is 0 Å². The van der Waals surface area contributed by atoms with Crippen LogP contribution in [0.4, 0.5) is 20.2 Å². The van der Waals surface area contributed by atoms with Gasteiger partial charge in [-0.2, -0.15) is 8.78 Å². The van der Waals surface area contributed by atoms with Crippen molar-refractivity contribution in [3.05, 3.63) is 54.2 Å². The van der Waals surface area contributed by atoms with Crippen LogP contribution in [0.5, 0.6) is 11.5 Å². The van der Waals surface area contributed by atoms with Crippen molar-refractivity contribution in [2.24, 2.45) is 0 Å². The molecule has 5 nitrogen and oxygen atoms in total. The third-order valence-electron chi connectivity index (χ3n) is 4.25. The van der Waals surface area contributed by atoms with E-state index in [4.69, 9.17) is 9.47 Å². The van der Waals surface area contributed by atoms with E-state index < -0.39 is 6.61 Å². The average molecular weight is 388 g/mol. The van der Waals surface area contributed by atoms with Gasteiger partial charge in [0.15, 0.2) is 0 Å². The van der Waals surface area contributed by atoms with Gasteiger partial charge in [-0.15, -0.1) is 0 Å². The molecular weight excluding hydrogens is 366 g/mol. The number of benzene rings is 2. The zero-order valence-corrected chi connectivity index (χ0v) is 15.7. The minimum Gasteiger partial charge on any atom is -0.494 e. The standard InChI is InChI=1S/C21H22F2N2O3/c1-3-14-4-6-16-17(8-9-24-19(16)12-14)25-18-7-5-15(13-20(18)26-2)27-10-11-28-21(22)23/h4-9,12-13,21H,3,10-11H2,1-2H3,(H,24,25). The van der Waals surface area contributed by atoms with Crippen LogP contribution in [0.25, 0.3) is 10.9 Å². The zero-order valence-electron chi connectivity index (χ0n) is 15.7. The molecular formula is C21H22F2N2O3. The highest BCUT2D eigenvalue weighted by Gasteiger charge is 2.09. The number of hydrogen-bond acceptors (Lipinski definition) is 5. The average Bonchev–Trinajstić information content (AvgIpc) is 2.71. The molecule has 0 aliphatic carbocycles. The van der Waals surface area contributed by atoms with Crippen LogP contribution in [-0.2, 0) is 11.2 Å². The fourth-order valence-electron chi connectivity index (χ4n) is 2.83. The van der Waals surface area contributed by atoms with Crippen LogP contribution in [-0.4, -0.2) is 31.9 Å². The Hall–Kier alpha value is -2.93. The van der Waals surface area contributed by atoms with Gasteiger partial charge in [0.05, 0.1) is 24.9 Å². The number of fused-ring (bicyclic) bond motifs is 1. The fraction of sp³-hybridized carbons (Fsp3) is 0.286. The van der Waals surface area contributed by atoms with E-state index in [-0.39, 0.29) is 13.2 Å². The maximum atomic E-state index is 12.0. The lowest BCUT2D eigenvalue weighted by atomic mass is 10.1. The van der Waals surface area contributed by atoms with Gasteiger partial charge >= 0.3 is 6.61 Å². The van der Waals surface area contributed by atoms with Crippen molar-refractivity contribution in [3.8, 4) is 11.5 Å². The summed E-state index contributed by atoms with van der Waals surface area (Å²) in [6.07, 6.45) is 2.71. The molecule has 3 rings (SSSR count). The maximum absolute atomic E-state index is 12.0. The zero-order chi connectivity index (χ0) is 19.9. The molecule has 0 unspecified atom stereocenters. The third kappa shape index (κ3) is 4.86. The highest BCUT2D eigenvalue weighted by atomic mass is 19.3. The number of nitrogens with one attached hydrogen (secondary N) is 1. The molecule has 148 valence electrons.